The van der Waals surface area contributed by atoms with Crippen molar-refractivity contribution >= 4 is 23.7 Å². The van der Waals surface area contributed by atoms with Gasteiger partial charge in [0.2, 0.25) is 5.91 Å². The van der Waals surface area contributed by atoms with Gasteiger partial charge in [0, 0.05) is 18.4 Å². The molecule has 3 rings (SSSR count). The molecule has 0 radical (unpaired) electrons. The largest absolute Gasteiger partial charge is 0.497 e. The highest BCUT2D eigenvalue weighted by atomic mass is 32.2. The number of amides is 1. The molecule has 4 nitrogen and oxygen atoms in total. The van der Waals surface area contributed by atoms with E-state index in [1.54, 1.807) is 43.4 Å². The van der Waals surface area contributed by atoms with Gasteiger partial charge in [-0.1, -0.05) is 12.1 Å². The van der Waals surface area contributed by atoms with E-state index in [2.05, 4.69) is 0 Å². The summed E-state index contributed by atoms with van der Waals surface area (Å²) in [6, 6.07) is 11.5. The molecule has 2 heterocycles. The van der Waals surface area contributed by atoms with Crippen molar-refractivity contribution in [2.24, 2.45) is 0 Å². The van der Waals surface area contributed by atoms with Gasteiger partial charge in [0.1, 0.15) is 16.9 Å². The number of hydrogen-bond acceptors (Lipinski definition) is 4. The minimum Gasteiger partial charge on any atom is -0.497 e. The first kappa shape index (κ1) is 14.8. The van der Waals surface area contributed by atoms with Crippen LogP contribution in [0.1, 0.15) is 16.7 Å². The van der Waals surface area contributed by atoms with Crippen molar-refractivity contribution in [1.29, 1.82) is 0 Å². The minimum absolute atomic E-state index is 0.00205. The second-order valence-corrected chi connectivity index (χ2v) is 6.06. The van der Waals surface area contributed by atoms with Crippen LogP contribution in [0.15, 0.2) is 53.2 Å². The van der Waals surface area contributed by atoms with Crippen molar-refractivity contribution in [3.8, 4) is 5.75 Å². The van der Waals surface area contributed by atoms with Crippen molar-refractivity contribution in [2.75, 3.05) is 19.4 Å². The molecule has 2 aromatic rings. The average molecular weight is 315 g/mol. The van der Waals surface area contributed by atoms with E-state index in [9.17, 15) is 4.79 Å². The molecule has 114 valence electrons. The third-order valence-electron chi connectivity index (χ3n) is 3.51. The van der Waals surface area contributed by atoms with Crippen LogP contribution in [0.5, 0.6) is 5.75 Å². The van der Waals surface area contributed by atoms with E-state index >= 15 is 0 Å². The molecule has 1 saturated heterocycles. The molecular formula is C17H17NO3S. The summed E-state index contributed by atoms with van der Waals surface area (Å²) in [5, 5.41) is 0.0552. The first-order valence-electron chi connectivity index (χ1n) is 7.05. The fourth-order valence-electron chi connectivity index (χ4n) is 2.38. The highest BCUT2D eigenvalue weighted by molar-refractivity contribution is 7.99. The topological polar surface area (TPSA) is 42.7 Å². The third-order valence-corrected chi connectivity index (χ3v) is 4.77. The Kier molecular flexibility index (Phi) is 4.53. The van der Waals surface area contributed by atoms with Crippen molar-refractivity contribution in [2.45, 2.75) is 5.37 Å². The zero-order valence-corrected chi connectivity index (χ0v) is 13.1. The molecule has 0 N–H and O–H groups in total. The maximum Gasteiger partial charge on any atom is 0.247 e. The van der Waals surface area contributed by atoms with Gasteiger partial charge in [-0.2, -0.15) is 0 Å². The van der Waals surface area contributed by atoms with Crippen LogP contribution in [0.25, 0.3) is 6.08 Å². The highest BCUT2D eigenvalue weighted by Crippen LogP contribution is 2.38. The third kappa shape index (κ3) is 3.20. The van der Waals surface area contributed by atoms with E-state index in [-0.39, 0.29) is 11.3 Å². The van der Waals surface area contributed by atoms with Crippen LogP contribution in [-0.2, 0) is 4.79 Å². The number of hydrogen-bond donors (Lipinski definition) is 0. The number of methoxy groups -OCH3 is 1. The smallest absolute Gasteiger partial charge is 0.247 e. The Morgan fingerprint density at radius 1 is 1.36 bits per heavy atom. The number of ether oxygens (including phenoxy) is 1. The van der Waals surface area contributed by atoms with Gasteiger partial charge in [0.15, 0.2) is 0 Å². The van der Waals surface area contributed by atoms with Gasteiger partial charge in [0.05, 0.1) is 13.4 Å². The van der Waals surface area contributed by atoms with Gasteiger partial charge < -0.3 is 14.1 Å². The number of carbonyl (C=O) groups excluding carboxylic acids is 1. The molecule has 0 bridgehead atoms. The molecule has 0 spiro atoms. The second kappa shape index (κ2) is 6.75. The van der Waals surface area contributed by atoms with Crippen LogP contribution in [-0.4, -0.2) is 30.2 Å². The van der Waals surface area contributed by atoms with Gasteiger partial charge in [-0.05, 0) is 35.9 Å². The molecule has 1 aromatic heterocycles. The minimum atomic E-state index is 0.00205. The number of benzene rings is 1. The summed E-state index contributed by atoms with van der Waals surface area (Å²) in [5.74, 6) is 2.45. The predicted octanol–water partition coefficient (Wildman–Crippen LogP) is 3.58. The van der Waals surface area contributed by atoms with Gasteiger partial charge >= 0.3 is 0 Å². The fourth-order valence-corrected chi connectivity index (χ4v) is 3.64. The molecule has 5 heteroatoms. The van der Waals surface area contributed by atoms with Crippen LogP contribution in [0.4, 0.5) is 0 Å². The first-order chi connectivity index (χ1) is 10.8. The number of carbonyl (C=O) groups is 1. The number of thioether (sulfide) groups is 1. The van der Waals surface area contributed by atoms with Crippen LogP contribution < -0.4 is 4.74 Å². The maximum atomic E-state index is 12.4. The standard InChI is InChI=1S/C17H17NO3S/c1-20-14-6-4-13(5-7-14)17-18(10-12-22-17)16(19)9-8-15-3-2-11-21-15/h2-9,11,17H,10,12H2,1H3. The van der Waals surface area contributed by atoms with Gasteiger partial charge in [-0.15, -0.1) is 11.8 Å². The van der Waals surface area contributed by atoms with Crippen LogP contribution in [0.3, 0.4) is 0 Å². The van der Waals surface area contributed by atoms with E-state index in [1.807, 2.05) is 35.2 Å². The van der Waals surface area contributed by atoms with Crippen molar-refractivity contribution in [3.63, 3.8) is 0 Å². The van der Waals surface area contributed by atoms with Crippen molar-refractivity contribution < 1.29 is 13.9 Å². The Bertz CT molecular complexity index is 649. The van der Waals surface area contributed by atoms with Gasteiger partial charge in [0.25, 0.3) is 0 Å². The summed E-state index contributed by atoms with van der Waals surface area (Å²) < 4.78 is 10.4. The highest BCUT2D eigenvalue weighted by Gasteiger charge is 2.29. The van der Waals surface area contributed by atoms with Crippen molar-refractivity contribution in [3.05, 3.63) is 60.1 Å². The van der Waals surface area contributed by atoms with Crippen LogP contribution in [0.2, 0.25) is 0 Å². The molecule has 22 heavy (non-hydrogen) atoms. The lowest BCUT2D eigenvalue weighted by Crippen LogP contribution is -2.28. The lowest BCUT2D eigenvalue weighted by Gasteiger charge is -2.23. The molecule has 1 unspecified atom stereocenters. The Morgan fingerprint density at radius 2 is 2.18 bits per heavy atom. The van der Waals surface area contributed by atoms with E-state index in [0.717, 1.165) is 23.6 Å². The SMILES string of the molecule is COc1ccc(C2SCCN2C(=O)C=Cc2ccco2)cc1. The summed E-state index contributed by atoms with van der Waals surface area (Å²) >= 11 is 1.78. The normalized spacial score (nSPS) is 18.0. The lowest BCUT2D eigenvalue weighted by atomic mass is 10.2. The number of furan rings is 1. The molecule has 1 aliphatic heterocycles. The fraction of sp³-hybridized carbons (Fsp3) is 0.235. The summed E-state index contributed by atoms with van der Waals surface area (Å²) in [6.45, 7) is 0.753. The summed E-state index contributed by atoms with van der Waals surface area (Å²) in [7, 11) is 1.65. The zero-order chi connectivity index (χ0) is 15.4. The van der Waals surface area contributed by atoms with Crippen LogP contribution in [0, 0.1) is 0 Å². The Hall–Kier alpha value is -2.14. The first-order valence-corrected chi connectivity index (χ1v) is 8.10. The lowest BCUT2D eigenvalue weighted by molar-refractivity contribution is -0.126. The monoisotopic (exact) mass is 315 g/mol. The summed E-state index contributed by atoms with van der Waals surface area (Å²) in [5.41, 5.74) is 1.11. The molecule has 1 atom stereocenters. The zero-order valence-electron chi connectivity index (χ0n) is 12.3. The molecule has 0 saturated carbocycles. The average Bonchev–Trinajstić information content (AvgIpc) is 3.24. The molecule has 0 aliphatic carbocycles. The maximum absolute atomic E-state index is 12.4. The number of rotatable bonds is 4. The Balaban J connectivity index is 1.73. The molecule has 1 aliphatic rings. The molecular weight excluding hydrogens is 298 g/mol. The van der Waals surface area contributed by atoms with E-state index < -0.39 is 0 Å². The van der Waals surface area contributed by atoms with E-state index in [0.29, 0.717) is 5.76 Å². The second-order valence-electron chi connectivity index (χ2n) is 4.88. The van der Waals surface area contributed by atoms with E-state index in [4.69, 9.17) is 9.15 Å². The quantitative estimate of drug-likeness (QED) is 0.809. The predicted molar refractivity (Wildman–Crippen MR) is 87.6 cm³/mol. The van der Waals surface area contributed by atoms with E-state index in [1.165, 1.54) is 0 Å². The van der Waals surface area contributed by atoms with Crippen LogP contribution >= 0.6 is 11.8 Å². The van der Waals surface area contributed by atoms with Crippen molar-refractivity contribution in [1.82, 2.24) is 4.90 Å². The summed E-state index contributed by atoms with van der Waals surface area (Å²) in [6.07, 6.45) is 4.87. The van der Waals surface area contributed by atoms with Gasteiger partial charge in [-0.3, -0.25) is 4.79 Å². The molecule has 1 fully saturated rings. The molecule has 1 amide bonds. The molecule has 1 aromatic carbocycles. The Morgan fingerprint density at radius 3 is 2.86 bits per heavy atom. The summed E-state index contributed by atoms with van der Waals surface area (Å²) in [4.78, 5) is 14.3. The Labute approximate surface area is 133 Å². The van der Waals surface area contributed by atoms with Gasteiger partial charge in [-0.25, -0.2) is 0 Å². The number of nitrogens with zero attached hydrogens (tertiary/aromatic N) is 1.